The quantitative estimate of drug-likeness (QED) is 0.807. The van der Waals surface area contributed by atoms with Gasteiger partial charge in [-0.1, -0.05) is 12.1 Å². The molecule has 0 aromatic heterocycles. The average molecular weight is 206 g/mol. The van der Waals surface area contributed by atoms with Crippen LogP contribution in [0, 0.1) is 0 Å². The molecular formula is C12H18N2O. The number of hydrogen-bond donors (Lipinski definition) is 1. The Morgan fingerprint density at radius 1 is 1.47 bits per heavy atom. The van der Waals surface area contributed by atoms with Gasteiger partial charge in [0.25, 0.3) is 0 Å². The number of nitrogens with two attached hydrogens (primary N) is 1. The molecule has 1 heterocycles. The molecule has 0 saturated heterocycles. The zero-order chi connectivity index (χ0) is 10.8. The van der Waals surface area contributed by atoms with E-state index in [0.29, 0.717) is 12.6 Å². The van der Waals surface area contributed by atoms with E-state index in [0.717, 1.165) is 18.8 Å². The molecule has 1 aliphatic heterocycles. The molecule has 0 aliphatic carbocycles. The lowest BCUT2D eigenvalue weighted by Gasteiger charge is -2.23. The maximum Gasteiger partial charge on any atom is 0.122 e. The van der Waals surface area contributed by atoms with Gasteiger partial charge in [0.05, 0.1) is 6.61 Å². The molecule has 0 saturated carbocycles. The van der Waals surface area contributed by atoms with E-state index in [9.17, 15) is 0 Å². The third-order valence-corrected chi connectivity index (χ3v) is 2.94. The number of likely N-dealkylation sites (N-methyl/N-ethyl adjacent to an activating group) is 1. The Kier molecular flexibility index (Phi) is 2.93. The number of hydrogen-bond acceptors (Lipinski definition) is 3. The smallest absolute Gasteiger partial charge is 0.122 e. The van der Waals surface area contributed by atoms with Crippen LogP contribution in [0.3, 0.4) is 0 Å². The molecule has 0 bridgehead atoms. The van der Waals surface area contributed by atoms with E-state index in [1.54, 1.807) is 0 Å². The number of benzene rings is 1. The molecule has 0 unspecified atom stereocenters. The first-order chi connectivity index (χ1) is 7.22. The summed E-state index contributed by atoms with van der Waals surface area (Å²) >= 11 is 0. The van der Waals surface area contributed by atoms with Crippen molar-refractivity contribution in [3.63, 3.8) is 0 Å². The molecule has 2 N–H and O–H groups in total. The summed E-state index contributed by atoms with van der Waals surface area (Å²) in [6.45, 7) is 1.46. The SMILES string of the molecule is CN(C)[C@H](CN)c1ccc2c(c1)CCO2. The van der Waals surface area contributed by atoms with E-state index in [2.05, 4.69) is 37.2 Å². The highest BCUT2D eigenvalue weighted by molar-refractivity contribution is 5.40. The molecule has 1 aliphatic rings. The molecule has 1 atom stereocenters. The summed E-state index contributed by atoms with van der Waals surface area (Å²) in [6.07, 6.45) is 1.02. The summed E-state index contributed by atoms with van der Waals surface area (Å²) in [4.78, 5) is 2.15. The van der Waals surface area contributed by atoms with Crippen LogP contribution in [0.5, 0.6) is 5.75 Å². The van der Waals surface area contributed by atoms with Crippen LogP contribution in [0.25, 0.3) is 0 Å². The number of nitrogens with zero attached hydrogens (tertiary/aromatic N) is 1. The lowest BCUT2D eigenvalue weighted by atomic mass is 10.0. The standard InChI is InChI=1S/C12H18N2O/c1-14(2)11(8-13)9-3-4-12-10(7-9)5-6-15-12/h3-4,7,11H,5-6,8,13H2,1-2H3/t11-/m1/s1. The Bertz CT molecular complexity index is 349. The summed E-state index contributed by atoms with van der Waals surface area (Å²) < 4.78 is 5.48. The lowest BCUT2D eigenvalue weighted by molar-refractivity contribution is 0.306. The zero-order valence-electron chi connectivity index (χ0n) is 9.36. The molecule has 0 radical (unpaired) electrons. The average Bonchev–Trinajstić information content (AvgIpc) is 2.65. The van der Waals surface area contributed by atoms with Crippen LogP contribution in [0.2, 0.25) is 0 Å². The fourth-order valence-corrected chi connectivity index (χ4v) is 2.06. The van der Waals surface area contributed by atoms with Gasteiger partial charge in [0, 0.05) is 19.0 Å². The van der Waals surface area contributed by atoms with Crippen LogP contribution < -0.4 is 10.5 Å². The molecular weight excluding hydrogens is 188 g/mol. The van der Waals surface area contributed by atoms with Crippen molar-refractivity contribution in [1.29, 1.82) is 0 Å². The fraction of sp³-hybridized carbons (Fsp3) is 0.500. The van der Waals surface area contributed by atoms with Crippen molar-refractivity contribution < 1.29 is 4.74 Å². The second-order valence-electron chi connectivity index (χ2n) is 4.18. The monoisotopic (exact) mass is 206 g/mol. The van der Waals surface area contributed by atoms with Gasteiger partial charge >= 0.3 is 0 Å². The summed E-state index contributed by atoms with van der Waals surface area (Å²) in [5.41, 5.74) is 8.37. The van der Waals surface area contributed by atoms with Gasteiger partial charge in [-0.05, 0) is 31.3 Å². The summed E-state index contributed by atoms with van der Waals surface area (Å²) in [5, 5.41) is 0. The van der Waals surface area contributed by atoms with Crippen LogP contribution in [-0.4, -0.2) is 32.1 Å². The Morgan fingerprint density at radius 3 is 2.93 bits per heavy atom. The zero-order valence-corrected chi connectivity index (χ0v) is 9.36. The predicted molar refractivity (Wildman–Crippen MR) is 61.1 cm³/mol. The number of rotatable bonds is 3. The van der Waals surface area contributed by atoms with Crippen LogP contribution in [-0.2, 0) is 6.42 Å². The predicted octanol–water partition coefficient (Wildman–Crippen LogP) is 1.18. The molecule has 0 spiro atoms. The molecule has 82 valence electrons. The third-order valence-electron chi connectivity index (χ3n) is 2.94. The molecule has 3 heteroatoms. The van der Waals surface area contributed by atoms with Gasteiger partial charge in [0.2, 0.25) is 0 Å². The van der Waals surface area contributed by atoms with Gasteiger partial charge in [0.15, 0.2) is 0 Å². The van der Waals surface area contributed by atoms with Crippen molar-refractivity contribution in [3.8, 4) is 5.75 Å². The van der Waals surface area contributed by atoms with E-state index in [4.69, 9.17) is 10.5 Å². The van der Waals surface area contributed by atoms with Crippen LogP contribution in [0.4, 0.5) is 0 Å². The van der Waals surface area contributed by atoms with Gasteiger partial charge < -0.3 is 15.4 Å². The minimum Gasteiger partial charge on any atom is -0.493 e. The first kappa shape index (κ1) is 10.5. The largest absolute Gasteiger partial charge is 0.493 e. The first-order valence-electron chi connectivity index (χ1n) is 5.34. The Balaban J connectivity index is 2.28. The first-order valence-corrected chi connectivity index (χ1v) is 5.34. The molecule has 0 amide bonds. The summed E-state index contributed by atoms with van der Waals surface area (Å²) in [6, 6.07) is 6.70. The minimum atomic E-state index is 0.302. The van der Waals surface area contributed by atoms with Crippen LogP contribution in [0.15, 0.2) is 18.2 Å². The Hall–Kier alpha value is -1.06. The van der Waals surface area contributed by atoms with Crippen molar-refractivity contribution in [2.45, 2.75) is 12.5 Å². The van der Waals surface area contributed by atoms with E-state index in [1.807, 2.05) is 0 Å². The third kappa shape index (κ3) is 1.98. The molecule has 1 aromatic carbocycles. The second kappa shape index (κ2) is 4.21. The molecule has 2 rings (SSSR count). The highest BCUT2D eigenvalue weighted by Crippen LogP contribution is 2.29. The highest BCUT2D eigenvalue weighted by Gasteiger charge is 2.17. The lowest BCUT2D eigenvalue weighted by Crippen LogP contribution is -2.27. The van der Waals surface area contributed by atoms with E-state index < -0.39 is 0 Å². The molecule has 1 aromatic rings. The van der Waals surface area contributed by atoms with E-state index >= 15 is 0 Å². The normalized spacial score (nSPS) is 16.3. The minimum absolute atomic E-state index is 0.302. The second-order valence-corrected chi connectivity index (χ2v) is 4.18. The van der Waals surface area contributed by atoms with Crippen LogP contribution >= 0.6 is 0 Å². The Labute approximate surface area is 90.8 Å². The Morgan fingerprint density at radius 2 is 2.27 bits per heavy atom. The fourth-order valence-electron chi connectivity index (χ4n) is 2.06. The van der Waals surface area contributed by atoms with Crippen molar-refractivity contribution in [1.82, 2.24) is 4.90 Å². The molecule has 0 fully saturated rings. The van der Waals surface area contributed by atoms with Crippen molar-refractivity contribution >= 4 is 0 Å². The van der Waals surface area contributed by atoms with Crippen molar-refractivity contribution in [3.05, 3.63) is 29.3 Å². The van der Waals surface area contributed by atoms with Crippen molar-refractivity contribution in [2.24, 2.45) is 5.73 Å². The highest BCUT2D eigenvalue weighted by atomic mass is 16.5. The van der Waals surface area contributed by atoms with Gasteiger partial charge in [-0.3, -0.25) is 0 Å². The van der Waals surface area contributed by atoms with Gasteiger partial charge in [-0.25, -0.2) is 0 Å². The number of fused-ring (bicyclic) bond motifs is 1. The summed E-state index contributed by atoms with van der Waals surface area (Å²) in [7, 11) is 4.11. The maximum absolute atomic E-state index is 5.78. The van der Waals surface area contributed by atoms with E-state index in [-0.39, 0.29) is 0 Å². The molecule has 15 heavy (non-hydrogen) atoms. The van der Waals surface area contributed by atoms with E-state index in [1.165, 1.54) is 11.1 Å². The maximum atomic E-state index is 5.78. The van der Waals surface area contributed by atoms with Gasteiger partial charge in [-0.15, -0.1) is 0 Å². The van der Waals surface area contributed by atoms with Crippen LogP contribution in [0.1, 0.15) is 17.2 Å². The van der Waals surface area contributed by atoms with Gasteiger partial charge in [0.1, 0.15) is 5.75 Å². The van der Waals surface area contributed by atoms with Gasteiger partial charge in [-0.2, -0.15) is 0 Å². The summed E-state index contributed by atoms with van der Waals surface area (Å²) in [5.74, 6) is 1.04. The van der Waals surface area contributed by atoms with Crippen molar-refractivity contribution in [2.75, 3.05) is 27.2 Å². The topological polar surface area (TPSA) is 38.5 Å². The number of ether oxygens (including phenoxy) is 1. The molecule has 3 nitrogen and oxygen atoms in total.